The minimum absolute atomic E-state index is 0.00758. The number of methoxy groups -OCH3 is 1. The van der Waals surface area contributed by atoms with Gasteiger partial charge in [0.15, 0.2) is 16.9 Å². The van der Waals surface area contributed by atoms with E-state index >= 15 is 0 Å². The maximum atomic E-state index is 13.5. The maximum Gasteiger partial charge on any atom is 0.290 e. The molecule has 156 valence electrons. The molecule has 2 heterocycles. The van der Waals surface area contributed by atoms with Crippen LogP contribution < -0.4 is 10.2 Å². The zero-order valence-corrected chi connectivity index (χ0v) is 17.4. The first-order valence-electron chi connectivity index (χ1n) is 9.71. The number of phenols is 1. The van der Waals surface area contributed by atoms with E-state index in [1.807, 2.05) is 32.0 Å². The van der Waals surface area contributed by atoms with Crippen molar-refractivity contribution in [2.24, 2.45) is 0 Å². The Hall–Kier alpha value is -3.32. The van der Waals surface area contributed by atoms with Crippen molar-refractivity contribution in [1.29, 1.82) is 0 Å². The lowest BCUT2D eigenvalue weighted by molar-refractivity contribution is 0.0716. The highest BCUT2D eigenvalue weighted by Gasteiger charge is 2.42. The summed E-state index contributed by atoms with van der Waals surface area (Å²) in [7, 11) is 5.31. The molecular weight excluding hydrogens is 384 g/mol. The summed E-state index contributed by atoms with van der Waals surface area (Å²) in [6.45, 7) is 2.94. The molecule has 1 aliphatic heterocycles. The van der Waals surface area contributed by atoms with Crippen LogP contribution in [-0.2, 0) is 0 Å². The van der Waals surface area contributed by atoms with E-state index in [1.54, 1.807) is 29.2 Å². The van der Waals surface area contributed by atoms with E-state index in [0.29, 0.717) is 35.2 Å². The first-order valence-corrected chi connectivity index (χ1v) is 9.71. The van der Waals surface area contributed by atoms with Crippen molar-refractivity contribution >= 4 is 16.9 Å². The third-order valence-electron chi connectivity index (χ3n) is 5.43. The van der Waals surface area contributed by atoms with Gasteiger partial charge in [-0.05, 0) is 50.8 Å². The Labute approximate surface area is 174 Å². The minimum Gasteiger partial charge on any atom is -0.504 e. The molecule has 4 rings (SSSR count). The number of phenolic OH excluding ortho intramolecular Hbond substituents is 1. The Kier molecular flexibility index (Phi) is 4.99. The molecule has 0 saturated heterocycles. The van der Waals surface area contributed by atoms with Crippen molar-refractivity contribution in [3.05, 3.63) is 69.1 Å². The van der Waals surface area contributed by atoms with Crippen LogP contribution in [0.4, 0.5) is 0 Å². The number of benzene rings is 2. The van der Waals surface area contributed by atoms with Gasteiger partial charge in [-0.2, -0.15) is 0 Å². The van der Waals surface area contributed by atoms with Crippen LogP contribution in [0.5, 0.6) is 11.5 Å². The molecule has 30 heavy (non-hydrogen) atoms. The predicted molar refractivity (Wildman–Crippen MR) is 113 cm³/mol. The molecule has 0 bridgehead atoms. The minimum atomic E-state index is -0.622. The number of amides is 1. The predicted octanol–water partition coefficient (Wildman–Crippen LogP) is 2.92. The molecule has 1 N–H and O–H groups in total. The second kappa shape index (κ2) is 7.50. The number of carbonyl (C=O) groups excluding carboxylic acids is 1. The zero-order valence-electron chi connectivity index (χ0n) is 17.4. The van der Waals surface area contributed by atoms with Gasteiger partial charge >= 0.3 is 0 Å². The molecule has 0 radical (unpaired) electrons. The number of rotatable bonds is 5. The quantitative estimate of drug-likeness (QED) is 0.699. The summed E-state index contributed by atoms with van der Waals surface area (Å²) >= 11 is 0. The third-order valence-corrected chi connectivity index (χ3v) is 5.43. The third kappa shape index (κ3) is 3.21. The molecule has 0 aliphatic carbocycles. The second-order valence-electron chi connectivity index (χ2n) is 7.81. The molecule has 0 spiro atoms. The number of ether oxygens (including phenoxy) is 1. The van der Waals surface area contributed by atoms with Crippen LogP contribution in [0.2, 0.25) is 0 Å². The molecule has 0 saturated carbocycles. The number of likely N-dealkylation sites (N-methyl/N-ethyl adjacent to an activating group) is 1. The summed E-state index contributed by atoms with van der Waals surface area (Å²) in [6, 6.07) is 9.60. The molecule has 1 atom stereocenters. The molecular formula is C23H24N2O5. The first kappa shape index (κ1) is 20.0. The molecule has 2 aromatic carbocycles. The van der Waals surface area contributed by atoms with Gasteiger partial charge in [-0.25, -0.2) is 0 Å². The van der Waals surface area contributed by atoms with Crippen LogP contribution in [0.25, 0.3) is 11.0 Å². The van der Waals surface area contributed by atoms with Crippen LogP contribution in [0.1, 0.15) is 33.3 Å². The lowest BCUT2D eigenvalue weighted by Crippen LogP contribution is -2.35. The molecule has 7 heteroatoms. The summed E-state index contributed by atoms with van der Waals surface area (Å²) in [5, 5.41) is 10.5. The van der Waals surface area contributed by atoms with E-state index in [1.165, 1.54) is 13.2 Å². The van der Waals surface area contributed by atoms with Crippen molar-refractivity contribution in [2.45, 2.75) is 13.0 Å². The Morgan fingerprint density at radius 2 is 1.93 bits per heavy atom. The monoisotopic (exact) mass is 408 g/mol. The summed E-state index contributed by atoms with van der Waals surface area (Å²) < 4.78 is 11.2. The molecule has 7 nitrogen and oxygen atoms in total. The van der Waals surface area contributed by atoms with Gasteiger partial charge in [-0.3, -0.25) is 9.59 Å². The first-order chi connectivity index (χ1) is 14.3. The summed E-state index contributed by atoms with van der Waals surface area (Å²) in [5.74, 6) is 0.0319. The average Bonchev–Trinajstić information content (AvgIpc) is 2.99. The Balaban J connectivity index is 1.96. The Bertz CT molecular complexity index is 1200. The highest BCUT2D eigenvalue weighted by molar-refractivity contribution is 5.99. The number of aromatic hydroxyl groups is 1. The van der Waals surface area contributed by atoms with Crippen LogP contribution in [-0.4, -0.2) is 55.1 Å². The molecule has 3 aromatic rings. The Morgan fingerprint density at radius 1 is 1.17 bits per heavy atom. The fourth-order valence-electron chi connectivity index (χ4n) is 3.88. The van der Waals surface area contributed by atoms with E-state index in [2.05, 4.69) is 0 Å². The largest absolute Gasteiger partial charge is 0.504 e. The summed E-state index contributed by atoms with van der Waals surface area (Å²) in [4.78, 5) is 30.4. The van der Waals surface area contributed by atoms with Crippen molar-refractivity contribution in [2.75, 3.05) is 34.3 Å². The molecule has 1 aliphatic rings. The van der Waals surface area contributed by atoms with Crippen LogP contribution >= 0.6 is 0 Å². The van der Waals surface area contributed by atoms with Gasteiger partial charge in [0.2, 0.25) is 5.76 Å². The number of fused-ring (bicyclic) bond motifs is 2. The van der Waals surface area contributed by atoms with E-state index in [4.69, 9.17) is 9.15 Å². The van der Waals surface area contributed by atoms with Crippen LogP contribution in [0.3, 0.4) is 0 Å². The topological polar surface area (TPSA) is 83.2 Å². The van der Waals surface area contributed by atoms with E-state index < -0.39 is 6.04 Å². The zero-order chi connectivity index (χ0) is 21.6. The molecule has 0 fully saturated rings. The number of hydrogen-bond donors (Lipinski definition) is 1. The number of hydrogen-bond acceptors (Lipinski definition) is 6. The van der Waals surface area contributed by atoms with Gasteiger partial charge in [-0.15, -0.1) is 0 Å². The molecule has 1 amide bonds. The van der Waals surface area contributed by atoms with Crippen molar-refractivity contribution in [1.82, 2.24) is 9.80 Å². The van der Waals surface area contributed by atoms with E-state index in [-0.39, 0.29) is 28.6 Å². The van der Waals surface area contributed by atoms with Crippen molar-refractivity contribution < 1.29 is 19.1 Å². The SMILES string of the molecule is COc1cc(C2c3c(oc4ccc(C)cc4c3=O)C(=O)N2CCN(C)C)ccc1O. The fourth-order valence-corrected chi connectivity index (χ4v) is 3.88. The smallest absolute Gasteiger partial charge is 0.290 e. The van der Waals surface area contributed by atoms with Gasteiger partial charge in [-0.1, -0.05) is 17.7 Å². The van der Waals surface area contributed by atoms with E-state index in [0.717, 1.165) is 5.56 Å². The van der Waals surface area contributed by atoms with Crippen molar-refractivity contribution in [3.63, 3.8) is 0 Å². The lowest BCUT2D eigenvalue weighted by Gasteiger charge is -2.26. The van der Waals surface area contributed by atoms with Crippen molar-refractivity contribution in [3.8, 4) is 11.5 Å². The van der Waals surface area contributed by atoms with Gasteiger partial charge in [0.25, 0.3) is 5.91 Å². The van der Waals surface area contributed by atoms with Gasteiger partial charge in [0, 0.05) is 13.1 Å². The van der Waals surface area contributed by atoms with Crippen LogP contribution in [0, 0.1) is 6.92 Å². The van der Waals surface area contributed by atoms with Gasteiger partial charge < -0.3 is 24.1 Å². The average molecular weight is 408 g/mol. The number of nitrogens with zero attached hydrogens (tertiary/aromatic N) is 2. The van der Waals surface area contributed by atoms with Gasteiger partial charge in [0.1, 0.15) is 5.58 Å². The van der Waals surface area contributed by atoms with E-state index in [9.17, 15) is 14.7 Å². The fraction of sp³-hybridized carbons (Fsp3) is 0.304. The molecule has 1 unspecified atom stereocenters. The number of carbonyl (C=O) groups is 1. The highest BCUT2D eigenvalue weighted by Crippen LogP contribution is 2.40. The Morgan fingerprint density at radius 3 is 2.63 bits per heavy atom. The summed E-state index contributed by atoms with van der Waals surface area (Å²) in [6.07, 6.45) is 0. The normalized spacial score (nSPS) is 15.8. The summed E-state index contributed by atoms with van der Waals surface area (Å²) in [5.41, 5.74) is 2.12. The molecule has 1 aromatic heterocycles. The lowest BCUT2D eigenvalue weighted by atomic mass is 9.97. The maximum absolute atomic E-state index is 13.5. The van der Waals surface area contributed by atoms with Crippen LogP contribution in [0.15, 0.2) is 45.6 Å². The standard InChI is InChI=1S/C23H24N2O5/c1-13-5-8-17-15(11-13)21(27)19-20(14-6-7-16(26)18(12-14)29-4)25(10-9-24(2)3)23(28)22(19)30-17/h5-8,11-12,20,26H,9-10H2,1-4H3. The highest BCUT2D eigenvalue weighted by atomic mass is 16.5. The second-order valence-corrected chi connectivity index (χ2v) is 7.81. The van der Waals surface area contributed by atoms with Gasteiger partial charge in [0.05, 0.1) is 24.1 Å². The number of aryl methyl sites for hydroxylation is 1.